The second-order valence-corrected chi connectivity index (χ2v) is 4.30. The van der Waals surface area contributed by atoms with E-state index >= 15 is 0 Å². The summed E-state index contributed by atoms with van der Waals surface area (Å²) in [5, 5.41) is 12.1. The summed E-state index contributed by atoms with van der Waals surface area (Å²) in [6.45, 7) is 0. The van der Waals surface area contributed by atoms with E-state index in [4.69, 9.17) is 5.11 Å². The van der Waals surface area contributed by atoms with Crippen molar-refractivity contribution in [3.63, 3.8) is 0 Å². The van der Waals surface area contributed by atoms with E-state index < -0.39 is 5.97 Å². The summed E-state index contributed by atoms with van der Waals surface area (Å²) in [5.74, 6) is -0.0447. The van der Waals surface area contributed by atoms with Crippen molar-refractivity contribution >= 4 is 5.97 Å². The van der Waals surface area contributed by atoms with Crippen LogP contribution in [-0.4, -0.2) is 23.2 Å². The van der Waals surface area contributed by atoms with Gasteiger partial charge in [0.2, 0.25) is 0 Å². The lowest BCUT2D eigenvalue weighted by atomic mass is 9.94. The number of nitrogens with one attached hydrogen (secondary N) is 1. The van der Waals surface area contributed by atoms with Gasteiger partial charge in [0.05, 0.1) is 0 Å². The fraction of sp³-hybridized carbons (Fsp3) is 0.900. The highest BCUT2D eigenvalue weighted by Crippen LogP contribution is 2.32. The summed E-state index contributed by atoms with van der Waals surface area (Å²) in [7, 11) is 0. The summed E-state index contributed by atoms with van der Waals surface area (Å²) in [6, 6.07) is 0.219. The first kappa shape index (κ1) is 9.00. The van der Waals surface area contributed by atoms with Crippen molar-refractivity contribution in [2.45, 2.75) is 50.6 Å². The van der Waals surface area contributed by atoms with Crippen LogP contribution in [-0.2, 0) is 4.79 Å². The molecule has 1 saturated carbocycles. The Balaban J connectivity index is 1.97. The minimum Gasteiger partial charge on any atom is -0.480 e. The molecule has 3 atom stereocenters. The Hall–Kier alpha value is -0.570. The topological polar surface area (TPSA) is 49.3 Å². The van der Waals surface area contributed by atoms with Gasteiger partial charge in [0.1, 0.15) is 6.04 Å². The van der Waals surface area contributed by atoms with Gasteiger partial charge in [0.15, 0.2) is 0 Å². The SMILES string of the molecule is O=C(O)[C@H]1C[C@H]2CCCCC[C@H]2N1. The highest BCUT2D eigenvalue weighted by Gasteiger charge is 2.37. The first-order valence-electron chi connectivity index (χ1n) is 5.26. The molecule has 0 unspecified atom stereocenters. The van der Waals surface area contributed by atoms with E-state index in [9.17, 15) is 4.79 Å². The molecule has 0 amide bonds. The lowest BCUT2D eigenvalue weighted by molar-refractivity contribution is -0.139. The predicted octanol–water partition coefficient (Wildman–Crippen LogP) is 1.38. The zero-order valence-electron chi connectivity index (χ0n) is 7.83. The van der Waals surface area contributed by atoms with Crippen LogP contribution in [0.1, 0.15) is 38.5 Å². The highest BCUT2D eigenvalue weighted by molar-refractivity contribution is 5.74. The fourth-order valence-corrected chi connectivity index (χ4v) is 2.69. The summed E-state index contributed by atoms with van der Waals surface area (Å²) >= 11 is 0. The number of carbonyl (C=O) groups is 1. The molecule has 1 aliphatic carbocycles. The maximum absolute atomic E-state index is 10.8. The van der Waals surface area contributed by atoms with E-state index in [1.165, 1.54) is 32.1 Å². The average molecular weight is 183 g/mol. The molecule has 0 bridgehead atoms. The molecular weight excluding hydrogens is 166 g/mol. The molecular formula is C10H17NO2. The van der Waals surface area contributed by atoms with Crippen LogP contribution in [0.2, 0.25) is 0 Å². The third-order valence-corrected chi connectivity index (χ3v) is 3.41. The van der Waals surface area contributed by atoms with Crippen LogP contribution in [0.3, 0.4) is 0 Å². The number of hydrogen-bond acceptors (Lipinski definition) is 2. The van der Waals surface area contributed by atoms with Crippen molar-refractivity contribution in [2.75, 3.05) is 0 Å². The van der Waals surface area contributed by atoms with Crippen molar-refractivity contribution in [1.82, 2.24) is 5.32 Å². The zero-order chi connectivity index (χ0) is 9.26. The molecule has 74 valence electrons. The summed E-state index contributed by atoms with van der Waals surface area (Å²) in [6.07, 6.45) is 7.12. The van der Waals surface area contributed by atoms with Gasteiger partial charge >= 0.3 is 5.97 Å². The van der Waals surface area contributed by atoms with E-state index in [1.807, 2.05) is 0 Å². The monoisotopic (exact) mass is 183 g/mol. The average Bonchev–Trinajstić information content (AvgIpc) is 2.38. The van der Waals surface area contributed by atoms with Crippen molar-refractivity contribution in [3.05, 3.63) is 0 Å². The van der Waals surface area contributed by atoms with Gasteiger partial charge in [-0.2, -0.15) is 0 Å². The Kier molecular flexibility index (Phi) is 2.54. The fourth-order valence-electron chi connectivity index (χ4n) is 2.69. The molecule has 3 nitrogen and oxygen atoms in total. The first-order valence-corrected chi connectivity index (χ1v) is 5.26. The van der Waals surface area contributed by atoms with Crippen molar-refractivity contribution in [3.8, 4) is 0 Å². The molecule has 0 radical (unpaired) electrons. The number of fused-ring (bicyclic) bond motifs is 1. The molecule has 1 aliphatic heterocycles. The number of carboxylic acid groups (broad SMARTS) is 1. The van der Waals surface area contributed by atoms with E-state index in [1.54, 1.807) is 0 Å². The summed E-state index contributed by atoms with van der Waals surface area (Å²) < 4.78 is 0. The maximum atomic E-state index is 10.8. The Labute approximate surface area is 78.5 Å². The standard InChI is InChI=1S/C10H17NO2/c12-10(13)9-6-7-4-2-1-3-5-8(7)11-9/h7-9,11H,1-6H2,(H,12,13)/t7-,8-,9-/m1/s1. The summed E-state index contributed by atoms with van der Waals surface area (Å²) in [4.78, 5) is 10.8. The molecule has 2 aliphatic rings. The first-order chi connectivity index (χ1) is 6.27. The molecule has 0 aromatic rings. The van der Waals surface area contributed by atoms with Gasteiger partial charge in [-0.3, -0.25) is 4.79 Å². The predicted molar refractivity (Wildman–Crippen MR) is 49.5 cm³/mol. The number of rotatable bonds is 1. The van der Waals surface area contributed by atoms with Gasteiger partial charge in [-0.1, -0.05) is 19.3 Å². The number of hydrogen-bond donors (Lipinski definition) is 2. The number of aliphatic carboxylic acids is 1. The van der Waals surface area contributed by atoms with E-state index in [0.29, 0.717) is 12.0 Å². The molecule has 3 heteroatoms. The van der Waals surface area contributed by atoms with Crippen molar-refractivity contribution in [1.29, 1.82) is 0 Å². The van der Waals surface area contributed by atoms with Gasteiger partial charge in [-0.05, 0) is 25.2 Å². The highest BCUT2D eigenvalue weighted by atomic mass is 16.4. The van der Waals surface area contributed by atoms with Crippen LogP contribution >= 0.6 is 0 Å². The third kappa shape index (κ3) is 1.85. The van der Waals surface area contributed by atoms with E-state index in [0.717, 1.165) is 6.42 Å². The quantitative estimate of drug-likeness (QED) is 0.645. The molecule has 2 rings (SSSR count). The smallest absolute Gasteiger partial charge is 0.320 e. The molecule has 1 heterocycles. The molecule has 13 heavy (non-hydrogen) atoms. The van der Waals surface area contributed by atoms with Crippen LogP contribution < -0.4 is 5.32 Å². The number of carboxylic acids is 1. The normalized spacial score (nSPS) is 39.5. The Morgan fingerprint density at radius 2 is 2.00 bits per heavy atom. The van der Waals surface area contributed by atoms with Gasteiger partial charge in [0.25, 0.3) is 0 Å². The van der Waals surface area contributed by atoms with Gasteiger partial charge in [-0.25, -0.2) is 0 Å². The molecule has 0 aromatic heterocycles. The van der Waals surface area contributed by atoms with E-state index in [-0.39, 0.29) is 6.04 Å². The minimum atomic E-state index is -0.673. The zero-order valence-corrected chi connectivity index (χ0v) is 7.83. The molecule has 2 fully saturated rings. The largest absolute Gasteiger partial charge is 0.480 e. The Morgan fingerprint density at radius 1 is 1.23 bits per heavy atom. The lowest BCUT2D eigenvalue weighted by Crippen LogP contribution is -2.35. The van der Waals surface area contributed by atoms with Crippen LogP contribution in [0.25, 0.3) is 0 Å². The molecule has 0 spiro atoms. The van der Waals surface area contributed by atoms with Gasteiger partial charge in [0, 0.05) is 6.04 Å². The molecule has 2 N–H and O–H groups in total. The maximum Gasteiger partial charge on any atom is 0.320 e. The van der Waals surface area contributed by atoms with E-state index in [2.05, 4.69) is 5.32 Å². The second kappa shape index (κ2) is 3.66. The van der Waals surface area contributed by atoms with Crippen molar-refractivity contribution in [2.24, 2.45) is 5.92 Å². The molecule has 1 saturated heterocycles. The van der Waals surface area contributed by atoms with Crippen molar-refractivity contribution < 1.29 is 9.90 Å². The van der Waals surface area contributed by atoms with Crippen LogP contribution in [0.15, 0.2) is 0 Å². The van der Waals surface area contributed by atoms with Gasteiger partial charge in [-0.15, -0.1) is 0 Å². The molecule has 0 aromatic carbocycles. The second-order valence-electron chi connectivity index (χ2n) is 4.30. The van der Waals surface area contributed by atoms with Gasteiger partial charge < -0.3 is 10.4 Å². The lowest BCUT2D eigenvalue weighted by Gasteiger charge is -2.14. The minimum absolute atomic E-state index is 0.270. The Bertz CT molecular complexity index is 191. The Morgan fingerprint density at radius 3 is 2.77 bits per heavy atom. The van der Waals surface area contributed by atoms with Crippen LogP contribution in [0.5, 0.6) is 0 Å². The van der Waals surface area contributed by atoms with Crippen LogP contribution in [0, 0.1) is 5.92 Å². The van der Waals surface area contributed by atoms with Crippen LogP contribution in [0.4, 0.5) is 0 Å². The summed E-state index contributed by atoms with van der Waals surface area (Å²) in [5.41, 5.74) is 0. The third-order valence-electron chi connectivity index (χ3n) is 3.41.